The molecule has 1 aliphatic heterocycles. The zero-order chi connectivity index (χ0) is 29.3. The highest BCUT2D eigenvalue weighted by atomic mass is 79.9. The second kappa shape index (κ2) is 11.9. The number of hydrogen-bond acceptors (Lipinski definition) is 9. The summed E-state index contributed by atoms with van der Waals surface area (Å²) >= 11 is 16.0. The first-order valence-corrected chi connectivity index (χ1v) is 15.4. The maximum Gasteiger partial charge on any atom is 0.356 e. The molecular weight excluding hydrogens is 659 g/mol. The molecule has 3 heterocycles. The monoisotopic (exact) mass is 680 g/mol. The van der Waals surface area contributed by atoms with Crippen LogP contribution < -0.4 is 19.8 Å². The van der Waals surface area contributed by atoms with Crippen LogP contribution in [0.25, 0.3) is 0 Å². The Labute approximate surface area is 254 Å². The van der Waals surface area contributed by atoms with Gasteiger partial charge in [-0.25, -0.2) is 15.0 Å². The van der Waals surface area contributed by atoms with Crippen LogP contribution in [0.2, 0.25) is 10.0 Å². The van der Waals surface area contributed by atoms with Gasteiger partial charge in [0.15, 0.2) is 10.9 Å². The van der Waals surface area contributed by atoms with Gasteiger partial charge >= 0.3 is 10.1 Å². The number of benzene rings is 1. The van der Waals surface area contributed by atoms with E-state index in [1.165, 1.54) is 36.7 Å². The van der Waals surface area contributed by atoms with Crippen LogP contribution in [0.4, 0.5) is 11.5 Å². The van der Waals surface area contributed by atoms with Gasteiger partial charge in [-0.3, -0.25) is 9.59 Å². The summed E-state index contributed by atoms with van der Waals surface area (Å²) in [5, 5.41) is 11.0. The molecule has 0 saturated heterocycles. The molecule has 0 bridgehead atoms. The number of pyridine rings is 2. The van der Waals surface area contributed by atoms with Gasteiger partial charge in [0.2, 0.25) is 11.8 Å². The number of carbonyl (C=O) groups is 2. The molecule has 2 amide bonds. The van der Waals surface area contributed by atoms with E-state index in [0.717, 1.165) is 17.9 Å². The third-order valence-electron chi connectivity index (χ3n) is 6.50. The fourth-order valence-electron chi connectivity index (χ4n) is 4.22. The van der Waals surface area contributed by atoms with E-state index in [1.807, 2.05) is 6.92 Å². The highest BCUT2D eigenvalue weighted by molar-refractivity contribution is 9.10. The largest absolute Gasteiger partial charge is 0.357 e. The van der Waals surface area contributed by atoms with Gasteiger partial charge in [-0.1, -0.05) is 29.3 Å². The van der Waals surface area contributed by atoms with E-state index in [0.29, 0.717) is 10.4 Å². The molecule has 0 radical (unpaired) electrons. The lowest BCUT2D eigenvalue weighted by atomic mass is 10.1. The lowest BCUT2D eigenvalue weighted by Crippen LogP contribution is -2.40. The second-order valence-corrected chi connectivity index (χ2v) is 12.7. The minimum atomic E-state index is -4.45. The number of halogens is 3. The summed E-state index contributed by atoms with van der Waals surface area (Å²) in [7, 11) is -4.45. The third kappa shape index (κ3) is 6.64. The number of anilines is 2. The van der Waals surface area contributed by atoms with Crippen molar-refractivity contribution in [3.63, 3.8) is 0 Å². The number of amides is 2. The molecule has 2 N–H and O–H groups in total. The molecule has 1 saturated carbocycles. The van der Waals surface area contributed by atoms with Crippen molar-refractivity contribution in [2.75, 3.05) is 10.3 Å². The Kier molecular flexibility index (Phi) is 8.50. The predicted molar refractivity (Wildman–Crippen MR) is 159 cm³/mol. The highest BCUT2D eigenvalue weighted by Crippen LogP contribution is 2.36. The third-order valence-corrected chi connectivity index (χ3v) is 8.85. The van der Waals surface area contributed by atoms with Crippen molar-refractivity contribution in [3.05, 3.63) is 74.9 Å². The fourth-order valence-corrected chi connectivity index (χ4v) is 6.31. The van der Waals surface area contributed by atoms with E-state index in [1.54, 1.807) is 18.2 Å². The minimum absolute atomic E-state index is 0.0549. The van der Waals surface area contributed by atoms with Crippen molar-refractivity contribution in [2.24, 2.45) is 11.0 Å². The zero-order valence-electron chi connectivity index (χ0n) is 21.4. The Balaban J connectivity index is 1.45. The predicted octanol–water partition coefficient (Wildman–Crippen LogP) is 5.01. The zero-order valence-corrected chi connectivity index (χ0v) is 25.3. The Bertz CT molecular complexity index is 1640. The van der Waals surface area contributed by atoms with E-state index >= 15 is 0 Å². The minimum Gasteiger partial charge on any atom is -0.357 e. The number of carbonyl (C=O) groups excluding carboxylic acids is 2. The number of nitrogens with zero attached hydrogens (tertiary/aromatic N) is 4. The number of hydrogen-bond donors (Lipinski definition) is 2. The second-order valence-electron chi connectivity index (χ2n) is 9.47. The molecule has 15 heteroatoms. The first-order chi connectivity index (χ1) is 19.5. The quantitative estimate of drug-likeness (QED) is 0.316. The number of aromatic nitrogens is 2. The molecular formula is C26H23BrCl2N6O5S. The van der Waals surface area contributed by atoms with Crippen molar-refractivity contribution < 1.29 is 22.2 Å². The van der Waals surface area contributed by atoms with Crippen molar-refractivity contribution in [1.82, 2.24) is 15.3 Å². The van der Waals surface area contributed by atoms with Crippen molar-refractivity contribution in [2.45, 2.75) is 38.3 Å². The van der Waals surface area contributed by atoms with Gasteiger partial charge in [0.05, 0.1) is 16.3 Å². The molecule has 1 aromatic carbocycles. The first kappa shape index (κ1) is 29.2. The van der Waals surface area contributed by atoms with E-state index < -0.39 is 33.0 Å². The van der Waals surface area contributed by atoms with Gasteiger partial charge in [-0.2, -0.15) is 13.5 Å². The summed E-state index contributed by atoms with van der Waals surface area (Å²) < 4.78 is 31.7. The molecule has 2 unspecified atom stereocenters. The van der Waals surface area contributed by atoms with Crippen LogP contribution in [-0.4, -0.2) is 47.3 Å². The maximum atomic E-state index is 13.8. The first-order valence-electron chi connectivity index (χ1n) is 12.5. The van der Waals surface area contributed by atoms with Crippen LogP contribution in [0.3, 0.4) is 0 Å². The summed E-state index contributed by atoms with van der Waals surface area (Å²) in [5.74, 6) is -0.788. The van der Waals surface area contributed by atoms with Crippen molar-refractivity contribution >= 4 is 77.6 Å². The van der Waals surface area contributed by atoms with Crippen molar-refractivity contribution in [3.8, 4) is 5.88 Å². The number of hydrazone groups is 1. The summed E-state index contributed by atoms with van der Waals surface area (Å²) in [6.07, 6.45) is 4.50. The van der Waals surface area contributed by atoms with Gasteiger partial charge in [0.25, 0.3) is 5.91 Å². The van der Waals surface area contributed by atoms with Crippen LogP contribution in [-0.2, 0) is 14.9 Å². The van der Waals surface area contributed by atoms with E-state index in [2.05, 4.69) is 41.6 Å². The molecule has 0 spiro atoms. The van der Waals surface area contributed by atoms with Gasteiger partial charge in [0, 0.05) is 40.4 Å². The standard InChI is InChI=1S/C26H23BrCl2N6O5S/c1-14(15-7-8-15)32-25(36)17-11-16(28)12-18(27)23(17)33-26(37)20-13-22(34-35(20)24-19(29)5-4-10-31-24)41(38,39)40-21-6-2-3-9-30-21/h2-6,9-12,14-15,20H,7-8,13H2,1H3,(H,32,36)(H,33,37). The molecule has 2 aromatic heterocycles. The van der Waals surface area contributed by atoms with Crippen LogP contribution in [0.1, 0.15) is 36.5 Å². The van der Waals surface area contributed by atoms with Gasteiger partial charge < -0.3 is 14.8 Å². The molecule has 1 fully saturated rings. The Morgan fingerprint density at radius 1 is 1.12 bits per heavy atom. The normalized spacial score (nSPS) is 17.5. The van der Waals surface area contributed by atoms with Crippen LogP contribution >= 0.6 is 39.1 Å². The van der Waals surface area contributed by atoms with E-state index in [9.17, 15) is 18.0 Å². The van der Waals surface area contributed by atoms with Crippen LogP contribution in [0, 0.1) is 5.92 Å². The summed E-state index contributed by atoms with van der Waals surface area (Å²) in [6.45, 7) is 1.92. The van der Waals surface area contributed by atoms with Crippen LogP contribution in [0.15, 0.2) is 64.4 Å². The number of rotatable bonds is 8. The van der Waals surface area contributed by atoms with Gasteiger partial charge in [-0.15, -0.1) is 0 Å². The molecule has 2 atom stereocenters. The lowest BCUT2D eigenvalue weighted by Gasteiger charge is -2.23. The summed E-state index contributed by atoms with van der Waals surface area (Å²) in [6, 6.07) is 9.37. The average molecular weight is 682 g/mol. The SMILES string of the molecule is CC(NC(=O)c1cc(Cl)cc(Br)c1NC(=O)C1CC(S(=O)(=O)Oc2ccccn2)=NN1c1ncccc1Cl)C1CC1. The molecule has 3 aromatic rings. The Morgan fingerprint density at radius 2 is 1.88 bits per heavy atom. The van der Waals surface area contributed by atoms with Gasteiger partial charge in [-0.05, 0) is 71.9 Å². The van der Waals surface area contributed by atoms with Crippen LogP contribution in [0.5, 0.6) is 5.88 Å². The van der Waals surface area contributed by atoms with E-state index in [-0.39, 0.29) is 45.5 Å². The Morgan fingerprint density at radius 3 is 2.56 bits per heavy atom. The number of nitrogens with one attached hydrogen (secondary N) is 2. The summed E-state index contributed by atoms with van der Waals surface area (Å²) in [5.41, 5.74) is 0.297. The van der Waals surface area contributed by atoms with Crippen molar-refractivity contribution in [1.29, 1.82) is 0 Å². The molecule has 41 heavy (non-hydrogen) atoms. The Hall–Kier alpha value is -3.26. The van der Waals surface area contributed by atoms with Gasteiger partial charge in [0.1, 0.15) is 6.04 Å². The topological polar surface area (TPSA) is 143 Å². The molecule has 1 aliphatic carbocycles. The molecule has 214 valence electrons. The smallest absolute Gasteiger partial charge is 0.356 e. The molecule has 11 nitrogen and oxygen atoms in total. The highest BCUT2D eigenvalue weighted by Gasteiger charge is 2.42. The average Bonchev–Trinajstić information content (AvgIpc) is 3.68. The molecule has 2 aliphatic rings. The lowest BCUT2D eigenvalue weighted by molar-refractivity contribution is -0.117. The maximum absolute atomic E-state index is 13.8. The van der Waals surface area contributed by atoms with E-state index in [4.69, 9.17) is 27.4 Å². The summed E-state index contributed by atoms with van der Waals surface area (Å²) in [4.78, 5) is 35.0. The molecule has 5 rings (SSSR count). The fraction of sp³-hybridized carbons (Fsp3) is 0.269.